The van der Waals surface area contributed by atoms with Crippen LogP contribution >= 0.6 is 0 Å². The molecule has 0 saturated carbocycles. The van der Waals surface area contributed by atoms with Crippen LogP contribution in [-0.2, 0) is 23.0 Å². The minimum Gasteiger partial charge on any atom is -0.372 e. The van der Waals surface area contributed by atoms with E-state index in [9.17, 15) is 18.5 Å². The monoisotopic (exact) mass is 333 g/mol. The number of para-hydroxylation sites is 2. The van der Waals surface area contributed by atoms with Gasteiger partial charge in [-0.05, 0) is 55.0 Å². The van der Waals surface area contributed by atoms with Gasteiger partial charge in [-0.2, -0.15) is 8.42 Å². The zero-order valence-corrected chi connectivity index (χ0v) is 13.1. The minimum atomic E-state index is -4.11. The Balaban J connectivity index is 1.95. The number of hydrogen-bond acceptors (Lipinski definition) is 5. The lowest BCUT2D eigenvalue weighted by atomic mass is 9.92. The molecule has 0 N–H and O–H groups in total. The summed E-state index contributed by atoms with van der Waals surface area (Å²) in [4.78, 5) is 10.3. The van der Waals surface area contributed by atoms with E-state index in [4.69, 9.17) is 4.18 Å². The Morgan fingerprint density at radius 1 is 1.00 bits per heavy atom. The van der Waals surface area contributed by atoms with Crippen LogP contribution in [0.3, 0.4) is 0 Å². The Morgan fingerprint density at radius 2 is 1.70 bits per heavy atom. The Labute approximate surface area is 134 Å². The van der Waals surface area contributed by atoms with Crippen LogP contribution in [0.4, 0.5) is 5.69 Å². The van der Waals surface area contributed by atoms with Gasteiger partial charge in [-0.15, -0.1) is 0 Å². The smallest absolute Gasteiger partial charge is 0.339 e. The van der Waals surface area contributed by atoms with Gasteiger partial charge in [-0.1, -0.05) is 18.2 Å². The highest BCUT2D eigenvalue weighted by molar-refractivity contribution is 7.87. The summed E-state index contributed by atoms with van der Waals surface area (Å²) in [5, 5.41) is 11.0. The summed E-state index contributed by atoms with van der Waals surface area (Å²) in [7, 11) is -4.11. The Bertz CT molecular complexity index is 861. The van der Waals surface area contributed by atoms with Crippen LogP contribution in [0.1, 0.15) is 24.0 Å². The fourth-order valence-electron chi connectivity index (χ4n) is 2.71. The quantitative estimate of drug-likeness (QED) is 0.487. The molecule has 0 bridgehead atoms. The number of nitrogens with zero attached hydrogens (tertiary/aromatic N) is 1. The zero-order chi connectivity index (χ0) is 16.4. The Morgan fingerprint density at radius 3 is 2.43 bits per heavy atom. The molecule has 2 aromatic carbocycles. The largest absolute Gasteiger partial charge is 0.372 e. The van der Waals surface area contributed by atoms with Gasteiger partial charge in [-0.3, -0.25) is 10.1 Å². The summed E-state index contributed by atoms with van der Waals surface area (Å²) in [5.41, 5.74) is 1.78. The lowest BCUT2D eigenvalue weighted by Crippen LogP contribution is -2.12. The third-order valence-electron chi connectivity index (χ3n) is 3.87. The van der Waals surface area contributed by atoms with Crippen molar-refractivity contribution < 1.29 is 17.5 Å². The van der Waals surface area contributed by atoms with Crippen LogP contribution in [0.2, 0.25) is 0 Å². The van der Waals surface area contributed by atoms with Crippen molar-refractivity contribution in [1.29, 1.82) is 0 Å². The second-order valence-electron chi connectivity index (χ2n) is 5.40. The molecule has 6 nitrogen and oxygen atoms in total. The molecule has 0 radical (unpaired) electrons. The van der Waals surface area contributed by atoms with Gasteiger partial charge in [-0.25, -0.2) is 0 Å². The zero-order valence-electron chi connectivity index (χ0n) is 12.3. The van der Waals surface area contributed by atoms with Crippen molar-refractivity contribution in [3.05, 3.63) is 63.7 Å². The van der Waals surface area contributed by atoms with Crippen LogP contribution in [0.15, 0.2) is 47.4 Å². The van der Waals surface area contributed by atoms with Gasteiger partial charge < -0.3 is 4.18 Å². The first-order valence-corrected chi connectivity index (χ1v) is 8.68. The van der Waals surface area contributed by atoms with Crippen molar-refractivity contribution in [3.63, 3.8) is 0 Å². The van der Waals surface area contributed by atoms with E-state index in [0.29, 0.717) is 0 Å². The maximum Gasteiger partial charge on any atom is 0.339 e. The Kier molecular flexibility index (Phi) is 4.04. The molecule has 0 unspecified atom stereocenters. The number of benzene rings is 2. The van der Waals surface area contributed by atoms with Gasteiger partial charge in [0.05, 0.1) is 4.92 Å². The lowest BCUT2D eigenvalue weighted by Gasteiger charge is -2.16. The van der Waals surface area contributed by atoms with E-state index >= 15 is 0 Å². The summed E-state index contributed by atoms with van der Waals surface area (Å²) in [5.74, 6) is -0.282. The van der Waals surface area contributed by atoms with Crippen LogP contribution in [0, 0.1) is 10.1 Å². The van der Waals surface area contributed by atoms with Crippen LogP contribution < -0.4 is 4.18 Å². The van der Waals surface area contributed by atoms with Gasteiger partial charge in [0.1, 0.15) is 4.90 Å². The van der Waals surface area contributed by atoms with E-state index in [1.54, 1.807) is 12.1 Å². The molecule has 3 rings (SSSR count). The molecule has 2 aromatic rings. The molecule has 7 heteroatoms. The van der Waals surface area contributed by atoms with E-state index in [0.717, 1.165) is 36.8 Å². The van der Waals surface area contributed by atoms with Crippen molar-refractivity contribution in [3.8, 4) is 5.75 Å². The summed E-state index contributed by atoms with van der Waals surface area (Å²) in [6.45, 7) is 0. The van der Waals surface area contributed by atoms with E-state index in [1.807, 2.05) is 0 Å². The highest BCUT2D eigenvalue weighted by atomic mass is 32.2. The molecule has 1 aliphatic rings. The second-order valence-corrected chi connectivity index (χ2v) is 6.95. The highest BCUT2D eigenvalue weighted by Crippen LogP contribution is 2.30. The van der Waals surface area contributed by atoms with Gasteiger partial charge >= 0.3 is 15.8 Å². The minimum absolute atomic E-state index is 0.0244. The number of fused-ring (bicyclic) bond motifs is 1. The predicted molar refractivity (Wildman–Crippen MR) is 84.0 cm³/mol. The number of rotatable bonds is 4. The first-order chi connectivity index (χ1) is 11.0. The van der Waals surface area contributed by atoms with Gasteiger partial charge in [0.15, 0.2) is 0 Å². The molecule has 0 amide bonds. The molecule has 0 heterocycles. The highest BCUT2D eigenvalue weighted by Gasteiger charge is 2.24. The molecule has 120 valence electrons. The van der Waals surface area contributed by atoms with Crippen LogP contribution in [0.25, 0.3) is 0 Å². The van der Waals surface area contributed by atoms with Crippen LogP contribution in [0.5, 0.6) is 5.75 Å². The van der Waals surface area contributed by atoms with Gasteiger partial charge in [0.25, 0.3) is 0 Å². The first kappa shape index (κ1) is 15.5. The molecule has 23 heavy (non-hydrogen) atoms. The number of nitro groups is 1. The predicted octanol–water partition coefficient (Wildman–Crippen LogP) is 3.24. The molecule has 0 saturated heterocycles. The van der Waals surface area contributed by atoms with E-state index in [-0.39, 0.29) is 16.3 Å². The third kappa shape index (κ3) is 3.19. The summed E-state index contributed by atoms with van der Waals surface area (Å²) >= 11 is 0. The number of hydrogen-bond donors (Lipinski definition) is 0. The summed E-state index contributed by atoms with van der Waals surface area (Å²) < 4.78 is 29.8. The van der Waals surface area contributed by atoms with E-state index in [1.165, 1.54) is 30.3 Å². The average Bonchev–Trinajstić information content (AvgIpc) is 2.54. The number of aryl methyl sites for hydroxylation is 2. The second kappa shape index (κ2) is 6.00. The molecule has 0 spiro atoms. The lowest BCUT2D eigenvalue weighted by molar-refractivity contribution is -0.385. The van der Waals surface area contributed by atoms with Crippen molar-refractivity contribution in [2.24, 2.45) is 0 Å². The van der Waals surface area contributed by atoms with Crippen molar-refractivity contribution in [2.45, 2.75) is 30.6 Å². The molecule has 0 aromatic heterocycles. The normalized spacial score (nSPS) is 14.1. The molecular formula is C16H15NO5S. The maximum absolute atomic E-state index is 12.4. The third-order valence-corrected chi connectivity index (χ3v) is 5.10. The molecular weight excluding hydrogens is 318 g/mol. The SMILES string of the molecule is O=[N+]([O-])c1ccccc1OS(=O)(=O)c1ccc2c(c1)CCCC2. The topological polar surface area (TPSA) is 86.5 Å². The average molecular weight is 333 g/mol. The van der Waals surface area contributed by atoms with E-state index in [2.05, 4.69) is 0 Å². The molecule has 1 aliphatic carbocycles. The number of nitro benzene ring substituents is 1. The van der Waals surface area contributed by atoms with Crippen molar-refractivity contribution in [1.82, 2.24) is 0 Å². The van der Waals surface area contributed by atoms with Gasteiger partial charge in [0, 0.05) is 6.07 Å². The first-order valence-electron chi connectivity index (χ1n) is 7.27. The van der Waals surface area contributed by atoms with Crippen LogP contribution in [-0.4, -0.2) is 13.3 Å². The molecule has 0 aliphatic heterocycles. The fourth-order valence-corrected chi connectivity index (χ4v) is 3.70. The fraction of sp³-hybridized carbons (Fsp3) is 0.250. The molecule has 0 fully saturated rings. The summed E-state index contributed by atoms with van der Waals surface area (Å²) in [6.07, 6.45) is 3.91. The summed E-state index contributed by atoms with van der Waals surface area (Å²) in [6, 6.07) is 10.3. The van der Waals surface area contributed by atoms with Crippen molar-refractivity contribution >= 4 is 15.8 Å². The van der Waals surface area contributed by atoms with E-state index < -0.39 is 15.0 Å². The standard InChI is InChI=1S/C16H15NO5S/c18-17(19)15-7-3-4-8-16(15)22-23(20,21)14-10-9-12-5-1-2-6-13(12)11-14/h3-4,7-11H,1-2,5-6H2. The van der Waals surface area contributed by atoms with Gasteiger partial charge in [0.2, 0.25) is 5.75 Å². The molecule has 0 atom stereocenters. The van der Waals surface area contributed by atoms with Crippen molar-refractivity contribution in [2.75, 3.05) is 0 Å². The maximum atomic E-state index is 12.4. The Hall–Kier alpha value is -2.41.